The molecule has 1 N–H and O–H groups in total. The minimum atomic E-state index is -4.50. The van der Waals surface area contributed by atoms with Gasteiger partial charge in [-0.05, 0) is 19.1 Å². The first kappa shape index (κ1) is 15.2. The molecule has 1 heterocycles. The number of nitrogens with one attached hydrogen (secondary N) is 1. The monoisotopic (exact) mass is 278 g/mol. The lowest BCUT2D eigenvalue weighted by Gasteiger charge is -2.11. The van der Waals surface area contributed by atoms with Crippen molar-refractivity contribution < 1.29 is 22.7 Å². The van der Waals surface area contributed by atoms with E-state index >= 15 is 0 Å². The molecule has 1 aromatic rings. The van der Waals surface area contributed by atoms with E-state index in [1.54, 1.807) is 6.92 Å². The Hall–Kier alpha value is -1.83. The Morgan fingerprint density at radius 3 is 2.74 bits per heavy atom. The van der Waals surface area contributed by atoms with Crippen LogP contribution in [0, 0.1) is 0 Å². The number of nitrogens with zero attached hydrogens (tertiary/aromatic N) is 1. The van der Waals surface area contributed by atoms with E-state index in [9.17, 15) is 22.8 Å². The molecule has 0 aliphatic carbocycles. The summed E-state index contributed by atoms with van der Waals surface area (Å²) in [5.74, 6) is -0.594. The molecule has 0 bridgehead atoms. The average molecular weight is 278 g/mol. The van der Waals surface area contributed by atoms with Gasteiger partial charge < -0.3 is 14.6 Å². The van der Waals surface area contributed by atoms with Gasteiger partial charge in [0, 0.05) is 12.8 Å². The first-order valence-electron chi connectivity index (χ1n) is 5.47. The number of hydrogen-bond acceptors (Lipinski definition) is 3. The van der Waals surface area contributed by atoms with Crippen molar-refractivity contribution in [2.24, 2.45) is 0 Å². The Balaban J connectivity index is 2.83. The third-order valence-electron chi connectivity index (χ3n) is 2.08. The number of anilines is 1. The predicted molar refractivity (Wildman–Crippen MR) is 61.9 cm³/mol. The largest absolute Gasteiger partial charge is 0.406 e. The summed E-state index contributed by atoms with van der Waals surface area (Å²) in [6, 6.07) is 2.49. The molecule has 0 spiro atoms. The van der Waals surface area contributed by atoms with Crippen LogP contribution in [-0.4, -0.2) is 29.9 Å². The highest BCUT2D eigenvalue weighted by molar-refractivity contribution is 5.91. The van der Waals surface area contributed by atoms with Gasteiger partial charge in [-0.3, -0.25) is 9.59 Å². The lowest BCUT2D eigenvalue weighted by molar-refractivity contribution is -0.141. The minimum absolute atomic E-state index is 0.212. The van der Waals surface area contributed by atoms with Crippen molar-refractivity contribution in [3.05, 3.63) is 28.7 Å². The average Bonchev–Trinajstić information content (AvgIpc) is 2.30. The summed E-state index contributed by atoms with van der Waals surface area (Å²) in [7, 11) is 0. The first-order chi connectivity index (χ1) is 8.83. The van der Waals surface area contributed by atoms with Crippen LogP contribution >= 0.6 is 0 Å². The quantitative estimate of drug-likeness (QED) is 0.885. The molecule has 0 aliphatic heterocycles. The molecule has 5 nitrogen and oxygen atoms in total. The van der Waals surface area contributed by atoms with Crippen LogP contribution in [0.4, 0.5) is 18.9 Å². The second-order valence-corrected chi connectivity index (χ2v) is 3.66. The topological polar surface area (TPSA) is 60.3 Å². The molecular formula is C11H13F3N2O3. The third kappa shape index (κ3) is 5.12. The molecule has 106 valence electrons. The summed E-state index contributed by atoms with van der Waals surface area (Å²) in [5.41, 5.74) is -1.12. The highest BCUT2D eigenvalue weighted by Crippen LogP contribution is 2.16. The predicted octanol–water partition coefficient (Wildman–Crippen LogP) is 1.39. The van der Waals surface area contributed by atoms with Crippen LogP contribution in [0.15, 0.2) is 23.1 Å². The molecule has 0 saturated carbocycles. The molecule has 19 heavy (non-hydrogen) atoms. The third-order valence-corrected chi connectivity index (χ3v) is 2.08. The maximum atomic E-state index is 12.2. The Morgan fingerprint density at radius 1 is 1.47 bits per heavy atom. The van der Waals surface area contributed by atoms with Crippen molar-refractivity contribution in [1.82, 2.24) is 4.57 Å². The van der Waals surface area contributed by atoms with Gasteiger partial charge in [-0.2, -0.15) is 13.2 Å². The summed E-state index contributed by atoms with van der Waals surface area (Å²) in [4.78, 5) is 23.0. The van der Waals surface area contributed by atoms with Crippen LogP contribution < -0.4 is 10.9 Å². The first-order valence-corrected chi connectivity index (χ1v) is 5.47. The fourth-order valence-corrected chi connectivity index (χ4v) is 1.33. The van der Waals surface area contributed by atoms with Crippen LogP contribution in [0.25, 0.3) is 0 Å². The Kier molecular flexibility index (Phi) is 5.11. The Morgan fingerprint density at radius 2 is 2.16 bits per heavy atom. The molecule has 0 aliphatic rings. The van der Waals surface area contributed by atoms with E-state index in [0.717, 1.165) is 6.20 Å². The van der Waals surface area contributed by atoms with Crippen molar-refractivity contribution in [2.45, 2.75) is 19.6 Å². The molecule has 1 rings (SSSR count). The molecule has 0 aromatic carbocycles. The van der Waals surface area contributed by atoms with Gasteiger partial charge in [-0.1, -0.05) is 0 Å². The molecule has 0 unspecified atom stereocenters. The normalized spacial score (nSPS) is 11.4. The van der Waals surface area contributed by atoms with Crippen LogP contribution in [0.3, 0.4) is 0 Å². The van der Waals surface area contributed by atoms with E-state index in [-0.39, 0.29) is 12.3 Å². The van der Waals surface area contributed by atoms with Crippen LogP contribution in [0.5, 0.6) is 0 Å². The number of alkyl halides is 3. The summed E-state index contributed by atoms with van der Waals surface area (Å²) in [6.07, 6.45) is -3.49. The molecule has 0 fully saturated rings. The van der Waals surface area contributed by atoms with Gasteiger partial charge in [0.1, 0.15) is 18.8 Å². The van der Waals surface area contributed by atoms with Gasteiger partial charge in [-0.15, -0.1) is 0 Å². The van der Waals surface area contributed by atoms with E-state index in [2.05, 4.69) is 5.32 Å². The molecule has 1 amide bonds. The van der Waals surface area contributed by atoms with Gasteiger partial charge in [-0.25, -0.2) is 0 Å². The van der Waals surface area contributed by atoms with Crippen LogP contribution in [0.2, 0.25) is 0 Å². The number of hydrogen-bond donors (Lipinski definition) is 1. The van der Waals surface area contributed by atoms with Crippen molar-refractivity contribution >= 4 is 11.6 Å². The summed E-state index contributed by atoms with van der Waals surface area (Å²) < 4.78 is 41.9. The number of carbonyl (C=O) groups excluding carboxylic acids is 1. The van der Waals surface area contributed by atoms with Crippen molar-refractivity contribution in [3.8, 4) is 0 Å². The van der Waals surface area contributed by atoms with Crippen LogP contribution in [0.1, 0.15) is 6.92 Å². The second kappa shape index (κ2) is 6.37. The summed E-state index contributed by atoms with van der Waals surface area (Å²) >= 11 is 0. The minimum Gasteiger partial charge on any atom is -0.372 e. The maximum absolute atomic E-state index is 12.2. The maximum Gasteiger partial charge on any atom is 0.406 e. The zero-order chi connectivity index (χ0) is 14.5. The van der Waals surface area contributed by atoms with Gasteiger partial charge in [0.05, 0.1) is 0 Å². The zero-order valence-electron chi connectivity index (χ0n) is 10.2. The molecule has 0 saturated heterocycles. The zero-order valence-corrected chi connectivity index (χ0v) is 10.2. The smallest absolute Gasteiger partial charge is 0.372 e. The number of amides is 1. The standard InChI is InChI=1S/C11H13F3N2O3/c1-2-19-6-9(17)15-8-4-3-5-16(10(8)18)7-11(12,13)14/h3-5H,2,6-7H2,1H3,(H,15,17). The van der Waals surface area contributed by atoms with Gasteiger partial charge in [0.15, 0.2) is 0 Å². The lowest BCUT2D eigenvalue weighted by atomic mass is 10.4. The Bertz CT molecular complexity index is 497. The van der Waals surface area contributed by atoms with Crippen molar-refractivity contribution in [1.29, 1.82) is 0 Å². The molecule has 0 atom stereocenters. The molecule has 8 heteroatoms. The van der Waals surface area contributed by atoms with Gasteiger partial charge >= 0.3 is 6.18 Å². The van der Waals surface area contributed by atoms with E-state index < -0.39 is 24.2 Å². The number of aromatic nitrogens is 1. The highest BCUT2D eigenvalue weighted by Gasteiger charge is 2.28. The fourth-order valence-electron chi connectivity index (χ4n) is 1.33. The summed E-state index contributed by atoms with van der Waals surface area (Å²) in [5, 5.41) is 2.21. The number of halogens is 3. The Labute approximate surface area is 107 Å². The van der Waals surface area contributed by atoms with E-state index in [1.165, 1.54) is 12.1 Å². The van der Waals surface area contributed by atoms with Crippen LogP contribution in [-0.2, 0) is 16.1 Å². The van der Waals surface area contributed by atoms with Gasteiger partial charge in [0.25, 0.3) is 11.5 Å². The number of carbonyl (C=O) groups is 1. The second-order valence-electron chi connectivity index (χ2n) is 3.66. The van der Waals surface area contributed by atoms with Gasteiger partial charge in [0.2, 0.25) is 0 Å². The van der Waals surface area contributed by atoms with E-state index in [4.69, 9.17) is 4.74 Å². The van der Waals surface area contributed by atoms with Crippen molar-refractivity contribution in [3.63, 3.8) is 0 Å². The number of pyridine rings is 1. The fraction of sp³-hybridized carbons (Fsp3) is 0.455. The van der Waals surface area contributed by atoms with E-state index in [0.29, 0.717) is 11.2 Å². The number of rotatable bonds is 5. The highest BCUT2D eigenvalue weighted by atomic mass is 19.4. The molecule has 1 aromatic heterocycles. The molecular weight excluding hydrogens is 265 g/mol. The molecule has 0 radical (unpaired) electrons. The SMILES string of the molecule is CCOCC(=O)Nc1cccn(CC(F)(F)F)c1=O. The van der Waals surface area contributed by atoms with Crippen molar-refractivity contribution in [2.75, 3.05) is 18.5 Å². The summed E-state index contributed by atoms with van der Waals surface area (Å²) in [6.45, 7) is 0.345. The number of ether oxygens (including phenoxy) is 1. The van der Waals surface area contributed by atoms with E-state index in [1.807, 2.05) is 0 Å². The lowest BCUT2D eigenvalue weighted by Crippen LogP contribution is -2.31.